The third-order valence-corrected chi connectivity index (χ3v) is 2.63. The van der Waals surface area contributed by atoms with Crippen molar-refractivity contribution in [1.82, 2.24) is 5.32 Å². The van der Waals surface area contributed by atoms with Crippen LogP contribution in [0.1, 0.15) is 25.5 Å². The third kappa shape index (κ3) is 3.37. The predicted octanol–water partition coefficient (Wildman–Crippen LogP) is 1.23. The number of ether oxygens (including phenoxy) is 2. The lowest BCUT2D eigenvalue weighted by Crippen LogP contribution is -2.34. The molecule has 0 aromatic heterocycles. The van der Waals surface area contributed by atoms with Crippen LogP contribution in [0, 0.1) is 0 Å². The molecule has 1 aromatic rings. The number of rotatable bonds is 5. The van der Waals surface area contributed by atoms with Gasteiger partial charge in [0, 0.05) is 24.7 Å². The molecule has 100 valence electrons. The molecule has 0 saturated heterocycles. The number of nitrogens with one attached hydrogen (secondary N) is 1. The number of hydrogen-bond donors (Lipinski definition) is 2. The van der Waals surface area contributed by atoms with Gasteiger partial charge in [-0.1, -0.05) is 6.07 Å². The molecular formula is C13H20N2O3. The highest BCUT2D eigenvalue weighted by molar-refractivity contribution is 5.80. The Balaban J connectivity index is 3.00. The Bertz CT molecular complexity index is 419. The normalized spacial score (nSPS) is 13.6. The Kier molecular flexibility index (Phi) is 4.97. The molecule has 3 N–H and O–H groups in total. The maximum absolute atomic E-state index is 11.5. The van der Waals surface area contributed by atoms with Crippen LogP contribution in [0.15, 0.2) is 18.2 Å². The Morgan fingerprint density at radius 3 is 2.56 bits per heavy atom. The van der Waals surface area contributed by atoms with Gasteiger partial charge in [-0.15, -0.1) is 0 Å². The summed E-state index contributed by atoms with van der Waals surface area (Å²) < 4.78 is 10.8. The maximum atomic E-state index is 11.5. The molecule has 5 nitrogen and oxygen atoms in total. The van der Waals surface area contributed by atoms with Crippen LogP contribution in [0.4, 0.5) is 0 Å². The summed E-state index contributed by atoms with van der Waals surface area (Å²) in [6, 6.07) is 5.21. The highest BCUT2D eigenvalue weighted by atomic mass is 16.5. The van der Waals surface area contributed by atoms with Gasteiger partial charge in [-0.05, 0) is 19.9 Å². The fraction of sp³-hybridized carbons (Fsp3) is 0.462. The van der Waals surface area contributed by atoms with Crippen LogP contribution in [0.5, 0.6) is 11.5 Å². The second kappa shape index (κ2) is 6.26. The van der Waals surface area contributed by atoms with Gasteiger partial charge < -0.3 is 20.5 Å². The van der Waals surface area contributed by atoms with Gasteiger partial charge in [0.05, 0.1) is 7.11 Å². The van der Waals surface area contributed by atoms with E-state index >= 15 is 0 Å². The fourth-order valence-corrected chi connectivity index (χ4v) is 1.57. The van der Waals surface area contributed by atoms with Gasteiger partial charge in [-0.2, -0.15) is 0 Å². The van der Waals surface area contributed by atoms with E-state index in [1.165, 1.54) is 0 Å². The highest BCUT2D eigenvalue weighted by Gasteiger charge is 2.16. The van der Waals surface area contributed by atoms with Crippen molar-refractivity contribution in [2.75, 3.05) is 14.2 Å². The van der Waals surface area contributed by atoms with Crippen LogP contribution in [0.25, 0.3) is 0 Å². The molecule has 0 bridgehead atoms. The summed E-state index contributed by atoms with van der Waals surface area (Å²) in [6.07, 6.45) is -0.584. The van der Waals surface area contributed by atoms with E-state index in [-0.39, 0.29) is 11.9 Å². The lowest BCUT2D eigenvalue weighted by Gasteiger charge is -2.18. The quantitative estimate of drug-likeness (QED) is 0.826. The van der Waals surface area contributed by atoms with Crippen molar-refractivity contribution >= 4 is 5.91 Å². The van der Waals surface area contributed by atoms with Crippen molar-refractivity contribution in [2.24, 2.45) is 5.73 Å². The van der Waals surface area contributed by atoms with Crippen molar-refractivity contribution in [3.63, 3.8) is 0 Å². The SMILES string of the molecule is CNC(=O)C(C)Oc1cc(OC)ccc1[C@H](C)N. The molecule has 0 radical (unpaired) electrons. The van der Waals surface area contributed by atoms with Gasteiger partial charge in [-0.25, -0.2) is 0 Å². The van der Waals surface area contributed by atoms with Crippen LogP contribution < -0.4 is 20.5 Å². The molecular weight excluding hydrogens is 232 g/mol. The Labute approximate surface area is 107 Å². The molecule has 0 aliphatic carbocycles. The smallest absolute Gasteiger partial charge is 0.260 e. The molecule has 1 aromatic carbocycles. The van der Waals surface area contributed by atoms with Gasteiger partial charge in [0.2, 0.25) is 0 Å². The van der Waals surface area contributed by atoms with Gasteiger partial charge in [0.15, 0.2) is 6.10 Å². The van der Waals surface area contributed by atoms with Crippen LogP contribution >= 0.6 is 0 Å². The molecule has 1 unspecified atom stereocenters. The third-order valence-electron chi connectivity index (χ3n) is 2.63. The lowest BCUT2D eigenvalue weighted by molar-refractivity contribution is -0.126. The first-order valence-electron chi connectivity index (χ1n) is 5.81. The lowest BCUT2D eigenvalue weighted by atomic mass is 10.1. The van der Waals surface area contributed by atoms with E-state index in [0.717, 1.165) is 5.56 Å². The first-order chi connectivity index (χ1) is 8.49. The molecule has 5 heteroatoms. The zero-order valence-electron chi connectivity index (χ0n) is 11.2. The molecule has 0 spiro atoms. The number of carbonyl (C=O) groups is 1. The summed E-state index contributed by atoms with van der Waals surface area (Å²) in [6.45, 7) is 3.54. The van der Waals surface area contributed by atoms with Crippen molar-refractivity contribution in [1.29, 1.82) is 0 Å². The van der Waals surface area contributed by atoms with E-state index < -0.39 is 6.10 Å². The number of likely N-dealkylation sites (N-methyl/N-ethyl adjacent to an activating group) is 1. The Morgan fingerprint density at radius 1 is 1.39 bits per heavy atom. The summed E-state index contributed by atoms with van der Waals surface area (Å²) in [5.74, 6) is 1.05. The van der Waals surface area contributed by atoms with Crippen LogP contribution in [-0.4, -0.2) is 26.2 Å². The number of carbonyl (C=O) groups excluding carboxylic acids is 1. The average molecular weight is 252 g/mol. The largest absolute Gasteiger partial charge is 0.497 e. The van der Waals surface area contributed by atoms with Gasteiger partial charge in [0.1, 0.15) is 11.5 Å². The average Bonchev–Trinajstić information content (AvgIpc) is 2.37. The van der Waals surface area contributed by atoms with E-state index in [1.54, 1.807) is 27.1 Å². The van der Waals surface area contributed by atoms with E-state index in [4.69, 9.17) is 15.2 Å². The van der Waals surface area contributed by atoms with E-state index in [1.807, 2.05) is 19.1 Å². The first-order valence-corrected chi connectivity index (χ1v) is 5.81. The molecule has 1 amide bonds. The van der Waals surface area contributed by atoms with E-state index in [0.29, 0.717) is 11.5 Å². The molecule has 0 fully saturated rings. The van der Waals surface area contributed by atoms with E-state index in [2.05, 4.69) is 5.32 Å². The van der Waals surface area contributed by atoms with Crippen molar-refractivity contribution in [3.8, 4) is 11.5 Å². The molecule has 18 heavy (non-hydrogen) atoms. The van der Waals surface area contributed by atoms with Crippen molar-refractivity contribution in [2.45, 2.75) is 26.0 Å². The van der Waals surface area contributed by atoms with Crippen LogP contribution in [0.3, 0.4) is 0 Å². The Morgan fingerprint density at radius 2 is 2.06 bits per heavy atom. The number of benzene rings is 1. The minimum atomic E-state index is -0.584. The highest BCUT2D eigenvalue weighted by Crippen LogP contribution is 2.29. The summed E-state index contributed by atoms with van der Waals surface area (Å²) >= 11 is 0. The topological polar surface area (TPSA) is 73.6 Å². The zero-order chi connectivity index (χ0) is 13.7. The number of methoxy groups -OCH3 is 1. The minimum Gasteiger partial charge on any atom is -0.497 e. The fourth-order valence-electron chi connectivity index (χ4n) is 1.57. The predicted molar refractivity (Wildman–Crippen MR) is 69.8 cm³/mol. The second-order valence-electron chi connectivity index (χ2n) is 4.07. The molecule has 2 atom stereocenters. The van der Waals surface area contributed by atoms with Crippen LogP contribution in [-0.2, 0) is 4.79 Å². The van der Waals surface area contributed by atoms with Gasteiger partial charge >= 0.3 is 0 Å². The van der Waals surface area contributed by atoms with Gasteiger partial charge in [0.25, 0.3) is 5.91 Å². The van der Waals surface area contributed by atoms with Crippen molar-refractivity contribution in [3.05, 3.63) is 23.8 Å². The molecule has 1 rings (SSSR count). The molecule has 0 saturated carbocycles. The molecule has 0 aliphatic heterocycles. The standard InChI is InChI=1S/C13H20N2O3/c1-8(14)11-6-5-10(17-4)7-12(11)18-9(2)13(16)15-3/h5-9H,14H2,1-4H3,(H,15,16)/t8-,9?/m0/s1. The number of nitrogens with two attached hydrogens (primary N) is 1. The van der Waals surface area contributed by atoms with E-state index in [9.17, 15) is 4.79 Å². The zero-order valence-corrected chi connectivity index (χ0v) is 11.2. The monoisotopic (exact) mass is 252 g/mol. The summed E-state index contributed by atoms with van der Waals surface area (Å²) in [4.78, 5) is 11.5. The number of hydrogen-bond acceptors (Lipinski definition) is 4. The summed E-state index contributed by atoms with van der Waals surface area (Å²) in [5, 5.41) is 2.54. The van der Waals surface area contributed by atoms with Gasteiger partial charge in [-0.3, -0.25) is 4.79 Å². The first kappa shape index (κ1) is 14.3. The number of amides is 1. The second-order valence-corrected chi connectivity index (χ2v) is 4.07. The molecule has 0 heterocycles. The maximum Gasteiger partial charge on any atom is 0.260 e. The summed E-state index contributed by atoms with van der Waals surface area (Å²) in [5.41, 5.74) is 6.71. The van der Waals surface area contributed by atoms with Crippen molar-refractivity contribution < 1.29 is 14.3 Å². The summed E-state index contributed by atoms with van der Waals surface area (Å²) in [7, 11) is 3.15. The van der Waals surface area contributed by atoms with Crippen LogP contribution in [0.2, 0.25) is 0 Å². The Hall–Kier alpha value is -1.75. The molecule has 0 aliphatic rings. The minimum absolute atomic E-state index is 0.178.